The van der Waals surface area contributed by atoms with Crippen LogP contribution in [0.15, 0.2) is 47.1 Å². The Morgan fingerprint density at radius 3 is 2.64 bits per heavy atom. The number of halogens is 2. The van der Waals surface area contributed by atoms with Gasteiger partial charge in [-0.2, -0.15) is 0 Å². The summed E-state index contributed by atoms with van der Waals surface area (Å²) in [4.78, 5) is 16.2. The van der Waals surface area contributed by atoms with E-state index in [1.165, 1.54) is 19.2 Å². The Kier molecular flexibility index (Phi) is 5.03. The molecule has 0 saturated carbocycles. The average molecular weight is 453 g/mol. The summed E-state index contributed by atoms with van der Waals surface area (Å²) in [5.74, 6) is -0.0516. The highest BCUT2D eigenvalue weighted by Crippen LogP contribution is 2.34. The molecule has 0 radical (unpaired) electrons. The molecular weight excluding hydrogens is 440 g/mol. The second-order valence-electron chi connectivity index (χ2n) is 5.05. The van der Waals surface area contributed by atoms with Crippen molar-refractivity contribution in [3.8, 4) is 11.5 Å². The number of methoxy groups -OCH3 is 2. The molecule has 128 valence electrons. The molecular formula is C18H13FINO4. The van der Waals surface area contributed by atoms with Gasteiger partial charge in [-0.25, -0.2) is 14.2 Å². The van der Waals surface area contributed by atoms with Gasteiger partial charge in [0.2, 0.25) is 5.90 Å². The molecule has 0 fully saturated rings. The summed E-state index contributed by atoms with van der Waals surface area (Å²) in [6.07, 6.45) is 1.56. The number of benzene rings is 2. The highest BCUT2D eigenvalue weighted by molar-refractivity contribution is 14.1. The minimum absolute atomic E-state index is 0.0514. The van der Waals surface area contributed by atoms with Crippen molar-refractivity contribution in [3.63, 3.8) is 0 Å². The Bertz CT molecular complexity index is 908. The number of hydrogen-bond acceptors (Lipinski definition) is 5. The number of cyclic esters (lactones) is 1. The number of ether oxygens (including phenoxy) is 3. The van der Waals surface area contributed by atoms with Gasteiger partial charge in [0.15, 0.2) is 17.2 Å². The molecule has 0 saturated heterocycles. The molecule has 25 heavy (non-hydrogen) atoms. The minimum Gasteiger partial charge on any atom is -0.493 e. The number of rotatable bonds is 4. The lowest BCUT2D eigenvalue weighted by atomic mass is 10.1. The Labute approximate surface area is 157 Å². The van der Waals surface area contributed by atoms with Gasteiger partial charge in [0, 0.05) is 0 Å². The van der Waals surface area contributed by atoms with Crippen molar-refractivity contribution in [3.05, 3.63) is 62.6 Å². The number of carbonyl (C=O) groups is 1. The van der Waals surface area contributed by atoms with E-state index in [1.807, 2.05) is 6.07 Å². The molecule has 1 aliphatic rings. The third kappa shape index (κ3) is 3.51. The summed E-state index contributed by atoms with van der Waals surface area (Å²) in [6, 6.07) is 9.52. The topological polar surface area (TPSA) is 57.1 Å². The van der Waals surface area contributed by atoms with E-state index in [4.69, 9.17) is 14.2 Å². The molecule has 2 aromatic carbocycles. The van der Waals surface area contributed by atoms with Crippen molar-refractivity contribution in [1.29, 1.82) is 0 Å². The Morgan fingerprint density at radius 1 is 1.20 bits per heavy atom. The molecule has 2 aromatic rings. The minimum atomic E-state index is -0.636. The number of hydrogen-bond donors (Lipinski definition) is 0. The summed E-state index contributed by atoms with van der Waals surface area (Å²) in [6.45, 7) is 0. The molecule has 0 aromatic heterocycles. The van der Waals surface area contributed by atoms with E-state index in [2.05, 4.69) is 27.6 Å². The lowest BCUT2D eigenvalue weighted by molar-refractivity contribution is -0.129. The maximum absolute atomic E-state index is 13.8. The van der Waals surface area contributed by atoms with E-state index in [0.717, 1.165) is 3.57 Å². The Morgan fingerprint density at radius 2 is 1.96 bits per heavy atom. The van der Waals surface area contributed by atoms with Crippen LogP contribution in [-0.4, -0.2) is 26.1 Å². The van der Waals surface area contributed by atoms with Crippen LogP contribution in [0, 0.1) is 9.39 Å². The van der Waals surface area contributed by atoms with Gasteiger partial charge >= 0.3 is 5.97 Å². The molecule has 0 spiro atoms. The SMILES string of the molecule is COc1cc(/C=C2/N=C(c3ccccc3F)OC2=O)cc(I)c1OC. The van der Waals surface area contributed by atoms with Gasteiger partial charge in [-0.1, -0.05) is 12.1 Å². The smallest absolute Gasteiger partial charge is 0.363 e. The van der Waals surface area contributed by atoms with E-state index < -0.39 is 11.8 Å². The van der Waals surface area contributed by atoms with Crippen molar-refractivity contribution in [2.75, 3.05) is 14.2 Å². The van der Waals surface area contributed by atoms with Gasteiger partial charge < -0.3 is 14.2 Å². The molecule has 0 bridgehead atoms. The number of nitrogens with zero attached hydrogens (tertiary/aromatic N) is 1. The molecule has 0 N–H and O–H groups in total. The van der Waals surface area contributed by atoms with Crippen LogP contribution in [0.1, 0.15) is 11.1 Å². The predicted molar refractivity (Wildman–Crippen MR) is 99.3 cm³/mol. The van der Waals surface area contributed by atoms with Crippen LogP contribution in [0.5, 0.6) is 11.5 Å². The summed E-state index contributed by atoms with van der Waals surface area (Å²) in [5, 5.41) is 0. The molecule has 5 nitrogen and oxygen atoms in total. The van der Waals surface area contributed by atoms with Crippen LogP contribution in [0.4, 0.5) is 4.39 Å². The summed E-state index contributed by atoms with van der Waals surface area (Å²) in [5.41, 5.74) is 0.912. The first-order chi connectivity index (χ1) is 12.0. The zero-order chi connectivity index (χ0) is 18.0. The van der Waals surface area contributed by atoms with Gasteiger partial charge in [0.1, 0.15) is 5.82 Å². The fourth-order valence-electron chi connectivity index (χ4n) is 2.34. The molecule has 0 aliphatic carbocycles. The Hall–Kier alpha value is -2.42. The zero-order valence-corrected chi connectivity index (χ0v) is 15.5. The summed E-state index contributed by atoms with van der Waals surface area (Å²) in [7, 11) is 3.08. The van der Waals surface area contributed by atoms with Gasteiger partial charge in [0.25, 0.3) is 0 Å². The molecule has 0 unspecified atom stereocenters. The van der Waals surface area contributed by atoms with E-state index >= 15 is 0 Å². The van der Waals surface area contributed by atoms with Crippen LogP contribution in [0.3, 0.4) is 0 Å². The van der Waals surface area contributed by atoms with Crippen molar-refractivity contribution >= 4 is 40.5 Å². The monoisotopic (exact) mass is 453 g/mol. The van der Waals surface area contributed by atoms with Gasteiger partial charge in [0.05, 0.1) is 23.4 Å². The molecule has 0 atom stereocenters. The largest absolute Gasteiger partial charge is 0.493 e. The number of esters is 1. The van der Waals surface area contributed by atoms with Crippen molar-refractivity contribution in [2.24, 2.45) is 4.99 Å². The summed E-state index contributed by atoms with van der Waals surface area (Å²) < 4.78 is 30.3. The van der Waals surface area contributed by atoms with Gasteiger partial charge in [-0.3, -0.25) is 0 Å². The lowest BCUT2D eigenvalue weighted by Crippen LogP contribution is -2.07. The van der Waals surface area contributed by atoms with Crippen LogP contribution < -0.4 is 9.47 Å². The van der Waals surface area contributed by atoms with E-state index in [0.29, 0.717) is 17.1 Å². The second-order valence-corrected chi connectivity index (χ2v) is 6.22. The third-order valence-corrected chi connectivity index (χ3v) is 4.29. The molecule has 3 rings (SSSR count). The fourth-order valence-corrected chi connectivity index (χ4v) is 3.18. The van der Waals surface area contributed by atoms with E-state index in [9.17, 15) is 9.18 Å². The summed E-state index contributed by atoms with van der Waals surface area (Å²) >= 11 is 2.11. The molecule has 1 heterocycles. The lowest BCUT2D eigenvalue weighted by Gasteiger charge is -2.10. The number of carbonyl (C=O) groups excluding carboxylic acids is 1. The molecule has 7 heteroatoms. The molecule has 0 amide bonds. The van der Waals surface area contributed by atoms with Crippen molar-refractivity contribution < 1.29 is 23.4 Å². The standard InChI is InChI=1S/C18H13FINO4/c1-23-15-9-10(7-13(20)16(15)24-2)8-14-18(22)25-17(21-14)11-5-3-4-6-12(11)19/h3-9H,1-2H3/b14-8+. The van der Waals surface area contributed by atoms with Crippen LogP contribution in [0.2, 0.25) is 0 Å². The maximum Gasteiger partial charge on any atom is 0.363 e. The van der Waals surface area contributed by atoms with Crippen LogP contribution >= 0.6 is 22.6 Å². The maximum atomic E-state index is 13.8. The Balaban J connectivity index is 2.00. The first-order valence-corrected chi connectivity index (χ1v) is 8.30. The average Bonchev–Trinajstić information content (AvgIpc) is 2.95. The van der Waals surface area contributed by atoms with Crippen molar-refractivity contribution in [2.45, 2.75) is 0 Å². The predicted octanol–water partition coefficient (Wildman–Crippen LogP) is 3.79. The highest BCUT2D eigenvalue weighted by atomic mass is 127. The van der Waals surface area contributed by atoms with Gasteiger partial charge in [-0.05, 0) is 58.5 Å². The van der Waals surface area contributed by atoms with E-state index in [1.54, 1.807) is 31.4 Å². The number of aliphatic imine (C=N–C) groups is 1. The van der Waals surface area contributed by atoms with E-state index in [-0.39, 0.29) is 17.2 Å². The first kappa shape index (κ1) is 17.4. The first-order valence-electron chi connectivity index (χ1n) is 7.22. The van der Waals surface area contributed by atoms with Crippen molar-refractivity contribution in [1.82, 2.24) is 0 Å². The van der Waals surface area contributed by atoms with Crippen LogP contribution in [0.25, 0.3) is 6.08 Å². The fraction of sp³-hybridized carbons (Fsp3) is 0.111. The van der Waals surface area contributed by atoms with Crippen LogP contribution in [-0.2, 0) is 9.53 Å². The molecule has 1 aliphatic heterocycles. The third-order valence-electron chi connectivity index (χ3n) is 3.48. The van der Waals surface area contributed by atoms with Gasteiger partial charge in [-0.15, -0.1) is 0 Å². The normalized spacial score (nSPS) is 15.1. The second kappa shape index (κ2) is 7.22. The zero-order valence-electron chi connectivity index (χ0n) is 13.4. The highest BCUT2D eigenvalue weighted by Gasteiger charge is 2.26. The quantitative estimate of drug-likeness (QED) is 0.402.